The Morgan fingerprint density at radius 3 is 2.72 bits per heavy atom. The molecule has 0 aromatic rings. The van der Waals surface area contributed by atoms with E-state index in [0.29, 0.717) is 19.1 Å². The third kappa shape index (κ3) is 5.65. The van der Waals surface area contributed by atoms with Crippen LogP contribution in [0.5, 0.6) is 0 Å². The molecule has 0 aromatic carbocycles. The summed E-state index contributed by atoms with van der Waals surface area (Å²) in [6.07, 6.45) is 7.49. The van der Waals surface area contributed by atoms with Gasteiger partial charge >= 0.3 is 0 Å². The molecule has 0 aliphatic carbocycles. The van der Waals surface area contributed by atoms with Gasteiger partial charge in [0.1, 0.15) is 0 Å². The van der Waals surface area contributed by atoms with Crippen LogP contribution < -0.4 is 5.73 Å². The van der Waals surface area contributed by atoms with Crippen LogP contribution in [0.2, 0.25) is 0 Å². The van der Waals surface area contributed by atoms with E-state index < -0.39 is 0 Å². The van der Waals surface area contributed by atoms with Gasteiger partial charge in [0.15, 0.2) is 0 Å². The predicted molar refractivity (Wildman–Crippen MR) is 73.3 cm³/mol. The molecule has 0 spiro atoms. The summed E-state index contributed by atoms with van der Waals surface area (Å²) in [7, 11) is 0. The molecular weight excluding hydrogens is 228 g/mol. The molecule has 0 radical (unpaired) electrons. The van der Waals surface area contributed by atoms with Crippen LogP contribution in [0.4, 0.5) is 0 Å². The average molecular weight is 254 g/mol. The maximum atomic E-state index is 11.9. The number of nitrogens with zero attached hydrogens (tertiary/aromatic N) is 1. The Morgan fingerprint density at radius 1 is 1.39 bits per heavy atom. The lowest BCUT2D eigenvalue weighted by molar-refractivity contribution is -0.133. The van der Waals surface area contributed by atoms with Gasteiger partial charge in [0.05, 0.1) is 6.10 Å². The Morgan fingerprint density at radius 2 is 2.11 bits per heavy atom. The van der Waals surface area contributed by atoms with E-state index in [9.17, 15) is 4.79 Å². The Balaban J connectivity index is 2.14. The molecule has 18 heavy (non-hydrogen) atoms. The summed E-state index contributed by atoms with van der Waals surface area (Å²) in [5.74, 6) is 0.275. The summed E-state index contributed by atoms with van der Waals surface area (Å²) in [4.78, 5) is 13.8. The van der Waals surface area contributed by atoms with E-state index in [1.54, 1.807) is 0 Å². The summed E-state index contributed by atoms with van der Waals surface area (Å²) in [6.45, 7) is 6.76. The lowest BCUT2D eigenvalue weighted by Crippen LogP contribution is -2.40. The fourth-order valence-corrected chi connectivity index (χ4v) is 2.16. The van der Waals surface area contributed by atoms with Crippen molar-refractivity contribution in [3.63, 3.8) is 0 Å². The van der Waals surface area contributed by atoms with E-state index in [0.717, 1.165) is 51.8 Å². The number of nitrogens with two attached hydrogens (primary N) is 1. The van der Waals surface area contributed by atoms with Crippen LogP contribution >= 0.6 is 0 Å². The molecule has 104 valence electrons. The minimum absolute atomic E-state index is 0.275. The van der Waals surface area contributed by atoms with Crippen LogP contribution in [0.3, 0.4) is 0 Å². The van der Waals surface area contributed by atoms with Crippen LogP contribution in [0.1, 0.15) is 38.5 Å². The highest BCUT2D eigenvalue weighted by Crippen LogP contribution is 2.15. The molecule has 1 rings (SSSR count). The van der Waals surface area contributed by atoms with Gasteiger partial charge in [0, 0.05) is 26.1 Å². The summed E-state index contributed by atoms with van der Waals surface area (Å²) >= 11 is 0. The van der Waals surface area contributed by atoms with E-state index in [1.807, 2.05) is 11.0 Å². The molecule has 1 heterocycles. The van der Waals surface area contributed by atoms with Crippen molar-refractivity contribution in [2.45, 2.75) is 44.6 Å². The van der Waals surface area contributed by atoms with Crippen molar-refractivity contribution in [1.82, 2.24) is 4.90 Å². The van der Waals surface area contributed by atoms with Gasteiger partial charge in [-0.15, -0.1) is 6.58 Å². The first kappa shape index (κ1) is 15.2. The molecule has 2 N–H and O–H groups in total. The molecule has 0 saturated carbocycles. The van der Waals surface area contributed by atoms with Crippen molar-refractivity contribution in [2.75, 3.05) is 26.2 Å². The number of carbonyl (C=O) groups excluding carboxylic acids is 1. The van der Waals surface area contributed by atoms with Gasteiger partial charge in [-0.2, -0.15) is 0 Å². The van der Waals surface area contributed by atoms with Gasteiger partial charge in [-0.25, -0.2) is 0 Å². The minimum Gasteiger partial charge on any atom is -0.378 e. The van der Waals surface area contributed by atoms with Gasteiger partial charge in [-0.05, 0) is 38.6 Å². The Bertz CT molecular complexity index is 248. The number of carbonyl (C=O) groups is 1. The summed E-state index contributed by atoms with van der Waals surface area (Å²) < 4.78 is 5.72. The second-order valence-electron chi connectivity index (χ2n) is 4.77. The van der Waals surface area contributed by atoms with E-state index in [4.69, 9.17) is 10.5 Å². The number of piperidine rings is 1. The molecule has 0 atom stereocenters. The lowest BCUT2D eigenvalue weighted by Gasteiger charge is -2.32. The number of unbranched alkanes of at least 4 members (excludes halogenated alkanes) is 1. The van der Waals surface area contributed by atoms with Crippen LogP contribution in [0.25, 0.3) is 0 Å². The Hall–Kier alpha value is -0.870. The number of allylic oxidation sites excluding steroid dienone is 1. The number of hydrogen-bond donors (Lipinski definition) is 1. The van der Waals surface area contributed by atoms with E-state index in [-0.39, 0.29) is 5.91 Å². The summed E-state index contributed by atoms with van der Waals surface area (Å²) in [6, 6.07) is 0. The SMILES string of the molecule is C=CCCCC(=O)N1CCC(OCCCN)CC1. The fraction of sp³-hybridized carbons (Fsp3) is 0.786. The maximum absolute atomic E-state index is 11.9. The number of rotatable bonds is 8. The van der Waals surface area contributed by atoms with Crippen molar-refractivity contribution in [2.24, 2.45) is 5.73 Å². The first-order chi connectivity index (χ1) is 8.77. The van der Waals surface area contributed by atoms with Crippen molar-refractivity contribution >= 4 is 5.91 Å². The van der Waals surface area contributed by atoms with Crippen molar-refractivity contribution in [3.8, 4) is 0 Å². The van der Waals surface area contributed by atoms with Gasteiger partial charge in [0.25, 0.3) is 0 Å². The molecule has 0 aromatic heterocycles. The first-order valence-corrected chi connectivity index (χ1v) is 6.98. The molecule has 4 heteroatoms. The minimum atomic E-state index is 0.275. The largest absolute Gasteiger partial charge is 0.378 e. The normalized spacial score (nSPS) is 16.8. The van der Waals surface area contributed by atoms with Crippen molar-refractivity contribution in [3.05, 3.63) is 12.7 Å². The van der Waals surface area contributed by atoms with Crippen LogP contribution in [0.15, 0.2) is 12.7 Å². The van der Waals surface area contributed by atoms with Crippen LogP contribution in [-0.4, -0.2) is 43.2 Å². The standard InChI is InChI=1S/C14H26N2O2/c1-2-3-4-6-14(17)16-10-7-13(8-11-16)18-12-5-9-15/h2,13H,1,3-12,15H2. The second kappa shape index (κ2) is 9.11. The monoisotopic (exact) mass is 254 g/mol. The predicted octanol–water partition coefficient (Wildman–Crippen LogP) is 1.70. The van der Waals surface area contributed by atoms with Gasteiger partial charge < -0.3 is 15.4 Å². The number of amides is 1. The quantitative estimate of drug-likeness (QED) is 0.530. The smallest absolute Gasteiger partial charge is 0.222 e. The van der Waals surface area contributed by atoms with E-state index in [2.05, 4.69) is 6.58 Å². The van der Waals surface area contributed by atoms with Gasteiger partial charge in [-0.1, -0.05) is 6.08 Å². The highest BCUT2D eigenvalue weighted by Gasteiger charge is 2.22. The van der Waals surface area contributed by atoms with E-state index >= 15 is 0 Å². The van der Waals surface area contributed by atoms with E-state index in [1.165, 1.54) is 0 Å². The fourth-order valence-electron chi connectivity index (χ4n) is 2.16. The highest BCUT2D eigenvalue weighted by molar-refractivity contribution is 5.76. The molecule has 1 amide bonds. The number of ether oxygens (including phenoxy) is 1. The van der Waals surface area contributed by atoms with Crippen molar-refractivity contribution < 1.29 is 9.53 Å². The highest BCUT2D eigenvalue weighted by atomic mass is 16.5. The van der Waals surface area contributed by atoms with Gasteiger partial charge in [0.2, 0.25) is 5.91 Å². The zero-order valence-corrected chi connectivity index (χ0v) is 11.3. The van der Waals surface area contributed by atoms with Gasteiger partial charge in [-0.3, -0.25) is 4.79 Å². The third-order valence-electron chi connectivity index (χ3n) is 3.30. The third-order valence-corrected chi connectivity index (χ3v) is 3.30. The summed E-state index contributed by atoms with van der Waals surface area (Å²) in [5, 5.41) is 0. The molecule has 1 aliphatic rings. The zero-order valence-electron chi connectivity index (χ0n) is 11.3. The summed E-state index contributed by atoms with van der Waals surface area (Å²) in [5.41, 5.74) is 5.42. The Labute approximate surface area is 110 Å². The lowest BCUT2D eigenvalue weighted by atomic mass is 10.1. The second-order valence-corrected chi connectivity index (χ2v) is 4.77. The van der Waals surface area contributed by atoms with Crippen LogP contribution in [0, 0.1) is 0 Å². The number of hydrogen-bond acceptors (Lipinski definition) is 3. The molecule has 0 bridgehead atoms. The molecule has 1 fully saturated rings. The topological polar surface area (TPSA) is 55.6 Å². The molecule has 4 nitrogen and oxygen atoms in total. The first-order valence-electron chi connectivity index (χ1n) is 6.98. The number of likely N-dealkylation sites (tertiary alicyclic amines) is 1. The average Bonchev–Trinajstić information content (AvgIpc) is 2.40. The molecule has 1 saturated heterocycles. The van der Waals surface area contributed by atoms with Crippen molar-refractivity contribution in [1.29, 1.82) is 0 Å². The Kier molecular flexibility index (Phi) is 7.69. The molecule has 1 aliphatic heterocycles. The zero-order chi connectivity index (χ0) is 13.2. The molecular formula is C14H26N2O2. The molecule has 0 unspecified atom stereocenters. The maximum Gasteiger partial charge on any atom is 0.222 e. The van der Waals surface area contributed by atoms with Crippen LogP contribution in [-0.2, 0) is 9.53 Å².